The molecule has 2 heterocycles. The highest BCUT2D eigenvalue weighted by molar-refractivity contribution is 5.80. The Bertz CT molecular complexity index is 562. The molecule has 1 unspecified atom stereocenters. The molecule has 0 aliphatic carbocycles. The molecule has 1 atom stereocenters. The van der Waals surface area contributed by atoms with Crippen LogP contribution in [0.5, 0.6) is 0 Å². The molecular formula is C19H32N6O. The number of carbonyl (C=O) groups excluding carboxylic acids is 1. The molecular weight excluding hydrogens is 328 g/mol. The van der Waals surface area contributed by atoms with Gasteiger partial charge in [0.15, 0.2) is 5.96 Å². The summed E-state index contributed by atoms with van der Waals surface area (Å²) in [5.41, 5.74) is 0. The fourth-order valence-electron chi connectivity index (χ4n) is 2.95. The molecule has 1 aliphatic rings. The normalized spacial score (nSPS) is 17.2. The van der Waals surface area contributed by atoms with E-state index < -0.39 is 0 Å². The van der Waals surface area contributed by atoms with Gasteiger partial charge < -0.3 is 20.9 Å². The number of aliphatic imine (C=N–C) groups is 1. The van der Waals surface area contributed by atoms with Crippen LogP contribution in [-0.2, 0) is 4.79 Å². The highest BCUT2D eigenvalue weighted by atomic mass is 16.2. The summed E-state index contributed by atoms with van der Waals surface area (Å²) in [4.78, 5) is 22.6. The summed E-state index contributed by atoms with van der Waals surface area (Å²) in [5.74, 6) is 2.00. The number of pyridine rings is 1. The predicted molar refractivity (Wildman–Crippen MR) is 106 cm³/mol. The van der Waals surface area contributed by atoms with Crippen molar-refractivity contribution in [3.63, 3.8) is 0 Å². The van der Waals surface area contributed by atoms with E-state index in [0.29, 0.717) is 6.42 Å². The third-order valence-electron chi connectivity index (χ3n) is 4.35. The third-order valence-corrected chi connectivity index (χ3v) is 4.35. The molecule has 26 heavy (non-hydrogen) atoms. The van der Waals surface area contributed by atoms with Crippen molar-refractivity contribution in [1.29, 1.82) is 0 Å². The van der Waals surface area contributed by atoms with Gasteiger partial charge in [0.05, 0.1) is 0 Å². The molecule has 1 amide bonds. The van der Waals surface area contributed by atoms with Crippen molar-refractivity contribution in [3.05, 3.63) is 24.4 Å². The van der Waals surface area contributed by atoms with Crippen LogP contribution in [0.1, 0.15) is 39.5 Å². The Labute approximate surface area is 156 Å². The van der Waals surface area contributed by atoms with Crippen molar-refractivity contribution in [2.45, 2.75) is 45.6 Å². The molecule has 3 N–H and O–H groups in total. The van der Waals surface area contributed by atoms with Crippen molar-refractivity contribution in [1.82, 2.24) is 20.5 Å². The van der Waals surface area contributed by atoms with E-state index in [-0.39, 0.29) is 11.9 Å². The summed E-state index contributed by atoms with van der Waals surface area (Å²) in [6.45, 7) is 8.09. The van der Waals surface area contributed by atoms with Gasteiger partial charge in [-0.05, 0) is 38.3 Å². The first-order valence-corrected chi connectivity index (χ1v) is 9.70. The number of aromatic nitrogens is 1. The van der Waals surface area contributed by atoms with Crippen LogP contribution in [0.4, 0.5) is 5.82 Å². The Kier molecular flexibility index (Phi) is 8.72. The Morgan fingerprint density at radius 2 is 2.23 bits per heavy atom. The number of hydrogen-bond acceptors (Lipinski definition) is 4. The Morgan fingerprint density at radius 1 is 1.35 bits per heavy atom. The van der Waals surface area contributed by atoms with Gasteiger partial charge in [-0.1, -0.05) is 13.0 Å². The highest BCUT2D eigenvalue weighted by Crippen LogP contribution is 2.10. The zero-order valence-corrected chi connectivity index (χ0v) is 16.0. The number of rotatable bonds is 9. The van der Waals surface area contributed by atoms with Crippen LogP contribution in [-0.4, -0.2) is 60.5 Å². The molecule has 0 saturated carbocycles. The number of anilines is 1. The number of unbranched alkanes of at least 4 members (excludes halogenated alkanes) is 1. The molecule has 144 valence electrons. The van der Waals surface area contributed by atoms with E-state index in [1.165, 1.54) is 0 Å². The Morgan fingerprint density at radius 3 is 2.96 bits per heavy atom. The number of carbonyl (C=O) groups is 1. The van der Waals surface area contributed by atoms with E-state index in [4.69, 9.17) is 0 Å². The van der Waals surface area contributed by atoms with E-state index in [0.717, 1.165) is 63.8 Å². The van der Waals surface area contributed by atoms with Crippen LogP contribution in [0.3, 0.4) is 0 Å². The predicted octanol–water partition coefficient (Wildman–Crippen LogP) is 1.84. The molecule has 0 aromatic carbocycles. The monoisotopic (exact) mass is 360 g/mol. The molecule has 1 fully saturated rings. The number of guanidine groups is 1. The number of hydrogen-bond donors (Lipinski definition) is 3. The number of nitrogens with zero attached hydrogens (tertiary/aromatic N) is 3. The highest BCUT2D eigenvalue weighted by Gasteiger charge is 2.25. The van der Waals surface area contributed by atoms with Crippen molar-refractivity contribution < 1.29 is 4.79 Å². The standard InChI is InChI=1S/C19H32N6O/c1-3-18(26)25-14-10-16(15-25)24-19(20-4-2)23-13-8-7-12-22-17-9-5-6-11-21-17/h5-6,9,11,16H,3-4,7-8,10,12-15H2,1-2H3,(H,21,22)(H2,20,23,24). The minimum Gasteiger partial charge on any atom is -0.370 e. The average Bonchev–Trinajstić information content (AvgIpc) is 3.13. The van der Waals surface area contributed by atoms with E-state index in [2.05, 4.69) is 32.9 Å². The Hall–Kier alpha value is -2.31. The van der Waals surface area contributed by atoms with E-state index in [1.54, 1.807) is 6.20 Å². The second-order valence-electron chi connectivity index (χ2n) is 6.43. The first-order valence-electron chi connectivity index (χ1n) is 9.70. The molecule has 0 radical (unpaired) electrons. The summed E-state index contributed by atoms with van der Waals surface area (Å²) in [6.07, 6.45) is 5.40. The maximum atomic E-state index is 11.8. The van der Waals surface area contributed by atoms with E-state index in [1.807, 2.05) is 30.0 Å². The topological polar surface area (TPSA) is 81.7 Å². The van der Waals surface area contributed by atoms with Gasteiger partial charge >= 0.3 is 0 Å². The lowest BCUT2D eigenvalue weighted by Crippen LogP contribution is -2.45. The fourth-order valence-corrected chi connectivity index (χ4v) is 2.95. The van der Waals surface area contributed by atoms with Gasteiger partial charge in [-0.25, -0.2) is 4.98 Å². The summed E-state index contributed by atoms with van der Waals surface area (Å²) >= 11 is 0. The van der Waals surface area contributed by atoms with Crippen LogP contribution in [0.25, 0.3) is 0 Å². The van der Waals surface area contributed by atoms with Crippen LogP contribution >= 0.6 is 0 Å². The van der Waals surface area contributed by atoms with Crippen LogP contribution in [0.15, 0.2) is 29.4 Å². The second-order valence-corrected chi connectivity index (χ2v) is 6.43. The molecule has 1 saturated heterocycles. The van der Waals surface area contributed by atoms with Gasteiger partial charge in [0, 0.05) is 51.4 Å². The molecule has 2 rings (SSSR count). The lowest BCUT2D eigenvalue weighted by Gasteiger charge is -2.18. The summed E-state index contributed by atoms with van der Waals surface area (Å²) in [7, 11) is 0. The van der Waals surface area contributed by atoms with Crippen LogP contribution in [0.2, 0.25) is 0 Å². The molecule has 7 heteroatoms. The van der Waals surface area contributed by atoms with E-state index >= 15 is 0 Å². The molecule has 7 nitrogen and oxygen atoms in total. The van der Waals surface area contributed by atoms with Gasteiger partial charge in [0.1, 0.15) is 5.82 Å². The van der Waals surface area contributed by atoms with E-state index in [9.17, 15) is 4.79 Å². The quantitative estimate of drug-likeness (QED) is 0.356. The van der Waals surface area contributed by atoms with Crippen molar-refractivity contribution in [2.75, 3.05) is 38.0 Å². The zero-order chi connectivity index (χ0) is 18.6. The third kappa shape index (κ3) is 6.90. The van der Waals surface area contributed by atoms with Crippen molar-refractivity contribution in [3.8, 4) is 0 Å². The van der Waals surface area contributed by atoms with Crippen molar-refractivity contribution in [2.24, 2.45) is 4.99 Å². The van der Waals surface area contributed by atoms with Gasteiger partial charge in [0.2, 0.25) is 5.91 Å². The number of amides is 1. The Balaban J connectivity index is 1.67. The number of nitrogens with one attached hydrogen (secondary N) is 3. The summed E-state index contributed by atoms with van der Waals surface area (Å²) < 4.78 is 0. The van der Waals surface area contributed by atoms with Gasteiger partial charge in [-0.15, -0.1) is 0 Å². The lowest BCUT2D eigenvalue weighted by molar-refractivity contribution is -0.129. The first kappa shape index (κ1) is 20.0. The summed E-state index contributed by atoms with van der Waals surface area (Å²) in [6, 6.07) is 6.15. The summed E-state index contributed by atoms with van der Waals surface area (Å²) in [5, 5.41) is 10.1. The molecule has 0 spiro atoms. The maximum absolute atomic E-state index is 11.8. The van der Waals surface area contributed by atoms with Gasteiger partial charge in [-0.2, -0.15) is 0 Å². The smallest absolute Gasteiger partial charge is 0.222 e. The zero-order valence-electron chi connectivity index (χ0n) is 16.0. The fraction of sp³-hybridized carbons (Fsp3) is 0.632. The largest absolute Gasteiger partial charge is 0.370 e. The van der Waals surface area contributed by atoms with Gasteiger partial charge in [-0.3, -0.25) is 9.79 Å². The molecule has 0 bridgehead atoms. The van der Waals surface area contributed by atoms with Crippen molar-refractivity contribution >= 4 is 17.7 Å². The number of likely N-dealkylation sites (tertiary alicyclic amines) is 1. The molecule has 1 aromatic heterocycles. The molecule has 1 aromatic rings. The van der Waals surface area contributed by atoms with Gasteiger partial charge in [0.25, 0.3) is 0 Å². The second kappa shape index (κ2) is 11.3. The first-order chi connectivity index (χ1) is 12.7. The minimum atomic E-state index is 0.233. The average molecular weight is 361 g/mol. The maximum Gasteiger partial charge on any atom is 0.222 e. The SMILES string of the molecule is CCNC(=NCCCCNc1ccccn1)NC1CCN(C(=O)CC)C1. The lowest BCUT2D eigenvalue weighted by atomic mass is 10.3. The molecule has 1 aliphatic heterocycles. The van der Waals surface area contributed by atoms with Crippen LogP contribution < -0.4 is 16.0 Å². The minimum absolute atomic E-state index is 0.233. The van der Waals surface area contributed by atoms with Crippen LogP contribution in [0, 0.1) is 0 Å².